The van der Waals surface area contributed by atoms with Crippen LogP contribution in [-0.4, -0.2) is 38.7 Å². The first-order valence-corrected chi connectivity index (χ1v) is 9.86. The lowest BCUT2D eigenvalue weighted by molar-refractivity contribution is -0.422. The van der Waals surface area contributed by atoms with Gasteiger partial charge in [0.2, 0.25) is 5.70 Å². The van der Waals surface area contributed by atoms with Crippen molar-refractivity contribution >= 4 is 23.1 Å². The Labute approximate surface area is 163 Å². The molecule has 2 fully saturated rings. The summed E-state index contributed by atoms with van der Waals surface area (Å²) in [5.41, 5.74) is 3.41. The number of likely N-dealkylation sites (tertiary alicyclic amines) is 1. The second-order valence-corrected chi connectivity index (χ2v) is 7.99. The molecule has 7 heteroatoms. The van der Waals surface area contributed by atoms with Gasteiger partial charge < -0.3 is 14.6 Å². The van der Waals surface area contributed by atoms with E-state index in [2.05, 4.69) is 16.7 Å². The van der Waals surface area contributed by atoms with E-state index in [1.165, 1.54) is 30.2 Å². The van der Waals surface area contributed by atoms with Crippen LogP contribution in [0, 0.1) is 16.0 Å². The lowest BCUT2D eigenvalue weighted by Crippen LogP contribution is -2.36. The van der Waals surface area contributed by atoms with Crippen LogP contribution in [0.5, 0.6) is 0 Å². The maximum Gasteiger partial charge on any atom is 0.407 e. The fraction of sp³-hybridized carbons (Fsp3) is 0.476. The average Bonchev–Trinajstić information content (AvgIpc) is 3.43. The van der Waals surface area contributed by atoms with Gasteiger partial charge in [-0.15, -0.1) is 0 Å². The van der Waals surface area contributed by atoms with Gasteiger partial charge >= 0.3 is 6.09 Å². The SMILES string of the molecule is CC(=Cc1cc2cccc(C3CCN(C(=O)O)CC3)c2n1CC1CC1)[N+](=O)[O-]. The van der Waals surface area contributed by atoms with Crippen molar-refractivity contribution in [3.8, 4) is 0 Å². The number of hydrogen-bond donors (Lipinski definition) is 1. The van der Waals surface area contributed by atoms with E-state index in [-0.39, 0.29) is 10.6 Å². The van der Waals surface area contributed by atoms with Crippen molar-refractivity contribution in [3.63, 3.8) is 0 Å². The fourth-order valence-corrected chi connectivity index (χ4v) is 4.23. The first kappa shape index (κ1) is 18.5. The van der Waals surface area contributed by atoms with Crippen LogP contribution in [0.1, 0.15) is 49.8 Å². The molecule has 7 nitrogen and oxygen atoms in total. The zero-order chi connectivity index (χ0) is 19.8. The van der Waals surface area contributed by atoms with Crippen LogP contribution in [0.25, 0.3) is 17.0 Å². The van der Waals surface area contributed by atoms with Gasteiger partial charge in [0.1, 0.15) is 0 Å². The Morgan fingerprint density at radius 2 is 2.00 bits per heavy atom. The molecule has 4 rings (SSSR count). The number of rotatable bonds is 5. The molecule has 2 aromatic rings. The molecule has 148 valence electrons. The summed E-state index contributed by atoms with van der Waals surface area (Å²) >= 11 is 0. The molecule has 1 amide bonds. The molecule has 1 saturated carbocycles. The Bertz CT molecular complexity index is 950. The van der Waals surface area contributed by atoms with Gasteiger partial charge in [-0.3, -0.25) is 10.1 Å². The summed E-state index contributed by atoms with van der Waals surface area (Å²) < 4.78 is 2.25. The highest BCUT2D eigenvalue weighted by Crippen LogP contribution is 2.38. The van der Waals surface area contributed by atoms with Crippen molar-refractivity contribution in [2.24, 2.45) is 5.92 Å². The smallest absolute Gasteiger partial charge is 0.407 e. The lowest BCUT2D eigenvalue weighted by atomic mass is 9.88. The predicted octanol–water partition coefficient (Wildman–Crippen LogP) is 4.55. The number of carboxylic acid groups (broad SMARTS) is 1. The second-order valence-electron chi connectivity index (χ2n) is 7.99. The van der Waals surface area contributed by atoms with Gasteiger partial charge in [0.05, 0.1) is 10.4 Å². The Morgan fingerprint density at radius 3 is 2.61 bits per heavy atom. The maximum atomic E-state index is 11.2. The summed E-state index contributed by atoms with van der Waals surface area (Å²) in [5.74, 6) is 0.946. The molecule has 1 aromatic carbocycles. The van der Waals surface area contributed by atoms with Gasteiger partial charge in [-0.1, -0.05) is 18.2 Å². The summed E-state index contributed by atoms with van der Waals surface area (Å²) in [6.45, 7) is 3.51. The largest absolute Gasteiger partial charge is 0.465 e. The third-order valence-electron chi connectivity index (χ3n) is 5.97. The van der Waals surface area contributed by atoms with E-state index in [1.54, 1.807) is 6.08 Å². The van der Waals surface area contributed by atoms with E-state index in [9.17, 15) is 20.0 Å². The predicted molar refractivity (Wildman–Crippen MR) is 107 cm³/mol. The molecule has 0 radical (unpaired) electrons. The van der Waals surface area contributed by atoms with E-state index in [4.69, 9.17) is 0 Å². The number of para-hydroxylation sites is 1. The first-order valence-electron chi connectivity index (χ1n) is 9.86. The van der Waals surface area contributed by atoms with Crippen LogP contribution in [0.3, 0.4) is 0 Å². The Balaban J connectivity index is 1.75. The molecule has 28 heavy (non-hydrogen) atoms. The van der Waals surface area contributed by atoms with Gasteiger partial charge in [0.25, 0.3) is 0 Å². The van der Waals surface area contributed by atoms with Gasteiger partial charge in [-0.25, -0.2) is 4.79 Å². The number of allylic oxidation sites excluding steroid dienone is 1. The number of amides is 1. The minimum atomic E-state index is -0.851. The summed E-state index contributed by atoms with van der Waals surface area (Å²) in [4.78, 5) is 23.5. The molecule has 2 heterocycles. The molecular weight excluding hydrogens is 358 g/mol. The Hall–Kier alpha value is -2.83. The molecule has 0 spiro atoms. The van der Waals surface area contributed by atoms with Crippen LogP contribution >= 0.6 is 0 Å². The van der Waals surface area contributed by atoms with Crippen LogP contribution in [0.4, 0.5) is 4.79 Å². The molecular formula is C21H25N3O4. The number of fused-ring (bicyclic) bond motifs is 1. The highest BCUT2D eigenvalue weighted by atomic mass is 16.6. The molecule has 2 aliphatic rings. The van der Waals surface area contributed by atoms with Gasteiger partial charge in [-0.05, 0) is 49.1 Å². The molecule has 1 N–H and O–H groups in total. The fourth-order valence-electron chi connectivity index (χ4n) is 4.23. The van der Waals surface area contributed by atoms with E-state index in [1.807, 2.05) is 12.1 Å². The summed E-state index contributed by atoms with van der Waals surface area (Å²) in [5, 5.41) is 21.4. The number of aromatic nitrogens is 1. The topological polar surface area (TPSA) is 88.6 Å². The summed E-state index contributed by atoms with van der Waals surface area (Å²) in [6, 6.07) is 8.28. The van der Waals surface area contributed by atoms with E-state index in [0.717, 1.165) is 36.0 Å². The minimum Gasteiger partial charge on any atom is -0.465 e. The second kappa shape index (κ2) is 7.30. The van der Waals surface area contributed by atoms with Crippen LogP contribution in [0.2, 0.25) is 0 Å². The molecule has 1 aromatic heterocycles. The molecule has 0 bridgehead atoms. The highest BCUT2D eigenvalue weighted by Gasteiger charge is 2.28. The van der Waals surface area contributed by atoms with Crippen LogP contribution in [-0.2, 0) is 6.54 Å². The monoisotopic (exact) mass is 383 g/mol. The summed E-state index contributed by atoms with van der Waals surface area (Å²) in [6.07, 6.45) is 4.83. The molecule has 0 unspecified atom stereocenters. The van der Waals surface area contributed by atoms with Crippen molar-refractivity contribution in [1.82, 2.24) is 9.47 Å². The third kappa shape index (κ3) is 3.61. The third-order valence-corrected chi connectivity index (χ3v) is 5.97. The highest BCUT2D eigenvalue weighted by molar-refractivity contribution is 5.87. The van der Waals surface area contributed by atoms with Crippen molar-refractivity contribution in [2.45, 2.75) is 45.1 Å². The first-order chi connectivity index (χ1) is 13.4. The summed E-state index contributed by atoms with van der Waals surface area (Å²) in [7, 11) is 0. The van der Waals surface area contributed by atoms with E-state index >= 15 is 0 Å². The Morgan fingerprint density at radius 1 is 1.29 bits per heavy atom. The number of hydrogen-bond acceptors (Lipinski definition) is 3. The normalized spacial score (nSPS) is 18.6. The van der Waals surface area contributed by atoms with Gasteiger partial charge in [-0.2, -0.15) is 0 Å². The zero-order valence-electron chi connectivity index (χ0n) is 16.0. The van der Waals surface area contributed by atoms with Crippen molar-refractivity contribution in [1.29, 1.82) is 0 Å². The quantitative estimate of drug-likeness (QED) is 0.606. The molecule has 1 aliphatic heterocycles. The standard InChI is InChI=1S/C21H25N3O4/c1-14(24(27)28)11-18-12-17-3-2-4-19(20(17)23(18)13-15-5-6-15)16-7-9-22(10-8-16)21(25)26/h2-4,11-12,15-16H,5-10,13H2,1H3,(H,25,26). The zero-order valence-corrected chi connectivity index (χ0v) is 16.0. The Kier molecular flexibility index (Phi) is 4.83. The molecule has 1 aliphatic carbocycles. The average molecular weight is 383 g/mol. The molecule has 1 saturated heterocycles. The lowest BCUT2D eigenvalue weighted by Gasteiger charge is -2.31. The number of piperidine rings is 1. The van der Waals surface area contributed by atoms with Crippen LogP contribution < -0.4 is 0 Å². The van der Waals surface area contributed by atoms with Crippen molar-refractivity contribution in [3.05, 3.63) is 51.3 Å². The van der Waals surface area contributed by atoms with Gasteiger partial charge in [0.15, 0.2) is 0 Å². The molecule has 0 atom stereocenters. The minimum absolute atomic E-state index is 0.135. The van der Waals surface area contributed by atoms with E-state index in [0.29, 0.717) is 24.9 Å². The maximum absolute atomic E-state index is 11.2. The van der Waals surface area contributed by atoms with Crippen molar-refractivity contribution < 1.29 is 14.8 Å². The van der Waals surface area contributed by atoms with Crippen LogP contribution in [0.15, 0.2) is 30.0 Å². The number of nitrogens with zero attached hydrogens (tertiary/aromatic N) is 3. The van der Waals surface area contributed by atoms with Gasteiger partial charge in [0, 0.05) is 43.7 Å². The van der Waals surface area contributed by atoms with Crippen molar-refractivity contribution in [2.75, 3.05) is 13.1 Å². The van der Waals surface area contributed by atoms with E-state index < -0.39 is 6.09 Å². The number of benzene rings is 1. The number of carbonyl (C=O) groups is 1. The number of nitro groups is 1.